The van der Waals surface area contributed by atoms with Crippen molar-refractivity contribution in [3.05, 3.63) is 34.9 Å². The summed E-state index contributed by atoms with van der Waals surface area (Å²) in [5.74, 6) is 0.935. The minimum Gasteiger partial charge on any atom is -0.312 e. The average molecular weight is 244 g/mol. The van der Waals surface area contributed by atoms with Crippen molar-refractivity contribution in [1.29, 1.82) is 0 Å². The van der Waals surface area contributed by atoms with Gasteiger partial charge in [0.25, 0.3) is 0 Å². The molecule has 0 saturated carbocycles. The number of benzene rings is 1. The average Bonchev–Trinajstić information content (AvgIpc) is 2.86. The van der Waals surface area contributed by atoms with Gasteiger partial charge >= 0.3 is 0 Å². The lowest BCUT2D eigenvalue weighted by molar-refractivity contribution is 0.315. The van der Waals surface area contributed by atoms with E-state index in [0.717, 1.165) is 25.6 Å². The van der Waals surface area contributed by atoms with Crippen molar-refractivity contribution in [2.24, 2.45) is 5.92 Å². The van der Waals surface area contributed by atoms with Crippen molar-refractivity contribution >= 4 is 0 Å². The van der Waals surface area contributed by atoms with Crippen molar-refractivity contribution in [3.63, 3.8) is 0 Å². The van der Waals surface area contributed by atoms with E-state index in [1.165, 1.54) is 43.5 Å². The molecule has 0 radical (unpaired) electrons. The summed E-state index contributed by atoms with van der Waals surface area (Å²) >= 11 is 0. The smallest absolute Gasteiger partial charge is 0.0233 e. The van der Waals surface area contributed by atoms with Gasteiger partial charge in [-0.2, -0.15) is 0 Å². The molecule has 1 aromatic carbocycles. The molecular weight excluding hydrogens is 220 g/mol. The molecule has 1 unspecified atom stereocenters. The van der Waals surface area contributed by atoms with Gasteiger partial charge in [0.2, 0.25) is 0 Å². The number of fused-ring (bicyclic) bond motifs is 1. The van der Waals surface area contributed by atoms with Crippen LogP contribution < -0.4 is 5.32 Å². The summed E-state index contributed by atoms with van der Waals surface area (Å²) in [4.78, 5) is 2.62. The Morgan fingerprint density at radius 3 is 3.11 bits per heavy atom. The van der Waals surface area contributed by atoms with Gasteiger partial charge in [0.15, 0.2) is 0 Å². The van der Waals surface area contributed by atoms with Gasteiger partial charge in [-0.05, 0) is 48.5 Å². The van der Waals surface area contributed by atoms with Crippen LogP contribution in [-0.4, -0.2) is 24.5 Å². The van der Waals surface area contributed by atoms with Crippen molar-refractivity contribution in [2.45, 2.75) is 39.3 Å². The molecule has 2 heteroatoms. The normalized spacial score (nSPS) is 24.2. The van der Waals surface area contributed by atoms with Crippen LogP contribution in [0, 0.1) is 5.92 Å². The van der Waals surface area contributed by atoms with E-state index in [1.54, 1.807) is 5.56 Å². The first kappa shape index (κ1) is 12.2. The fourth-order valence-corrected chi connectivity index (χ4v) is 3.28. The molecule has 0 spiro atoms. The van der Waals surface area contributed by atoms with E-state index in [9.17, 15) is 0 Å². The predicted octanol–water partition coefficient (Wildman–Crippen LogP) is 2.56. The van der Waals surface area contributed by atoms with E-state index in [4.69, 9.17) is 0 Å². The minimum atomic E-state index is 0.935. The zero-order valence-corrected chi connectivity index (χ0v) is 11.4. The maximum Gasteiger partial charge on any atom is 0.0233 e. The fourth-order valence-electron chi connectivity index (χ4n) is 3.28. The molecule has 2 nitrogen and oxygen atoms in total. The molecule has 1 fully saturated rings. The van der Waals surface area contributed by atoms with Gasteiger partial charge in [-0.15, -0.1) is 0 Å². The van der Waals surface area contributed by atoms with Gasteiger partial charge in [0.1, 0.15) is 0 Å². The summed E-state index contributed by atoms with van der Waals surface area (Å²) in [6, 6.07) is 7.10. The fraction of sp³-hybridized carbons (Fsp3) is 0.625. The van der Waals surface area contributed by atoms with Crippen LogP contribution >= 0.6 is 0 Å². The molecule has 0 aliphatic carbocycles. The largest absolute Gasteiger partial charge is 0.312 e. The van der Waals surface area contributed by atoms with Gasteiger partial charge in [0.05, 0.1) is 0 Å². The van der Waals surface area contributed by atoms with Crippen molar-refractivity contribution in [3.8, 4) is 0 Å². The number of hydrogen-bond donors (Lipinski definition) is 1. The predicted molar refractivity (Wildman–Crippen MR) is 75.5 cm³/mol. The van der Waals surface area contributed by atoms with E-state index >= 15 is 0 Å². The second-order valence-corrected chi connectivity index (χ2v) is 5.83. The van der Waals surface area contributed by atoms with Crippen LogP contribution in [0.2, 0.25) is 0 Å². The van der Waals surface area contributed by atoms with Crippen LogP contribution in [0.15, 0.2) is 18.2 Å². The molecule has 18 heavy (non-hydrogen) atoms. The van der Waals surface area contributed by atoms with Gasteiger partial charge in [0, 0.05) is 19.6 Å². The van der Waals surface area contributed by atoms with E-state index in [-0.39, 0.29) is 0 Å². The van der Waals surface area contributed by atoms with Crippen molar-refractivity contribution < 1.29 is 0 Å². The van der Waals surface area contributed by atoms with Gasteiger partial charge < -0.3 is 5.32 Å². The minimum absolute atomic E-state index is 0.935. The second-order valence-electron chi connectivity index (χ2n) is 5.83. The molecular formula is C16H24N2. The molecule has 98 valence electrons. The van der Waals surface area contributed by atoms with Crippen LogP contribution in [-0.2, 0) is 19.5 Å². The third-order valence-electron chi connectivity index (χ3n) is 4.51. The van der Waals surface area contributed by atoms with Gasteiger partial charge in [-0.3, -0.25) is 4.90 Å². The summed E-state index contributed by atoms with van der Waals surface area (Å²) in [6.07, 6.45) is 3.92. The highest BCUT2D eigenvalue weighted by Crippen LogP contribution is 2.22. The molecule has 3 rings (SSSR count). The van der Waals surface area contributed by atoms with Crippen LogP contribution in [0.25, 0.3) is 0 Å². The Bertz CT molecular complexity index is 414. The van der Waals surface area contributed by atoms with E-state index < -0.39 is 0 Å². The highest BCUT2D eigenvalue weighted by atomic mass is 15.1. The Morgan fingerprint density at radius 1 is 1.33 bits per heavy atom. The summed E-state index contributed by atoms with van der Waals surface area (Å²) in [7, 11) is 0. The summed E-state index contributed by atoms with van der Waals surface area (Å²) in [5, 5.41) is 3.46. The molecule has 1 saturated heterocycles. The Labute approximate surface area is 110 Å². The maximum atomic E-state index is 3.46. The first-order valence-corrected chi connectivity index (χ1v) is 7.39. The molecule has 2 aliphatic rings. The molecule has 0 bridgehead atoms. The lowest BCUT2D eigenvalue weighted by atomic mass is 9.98. The third-order valence-corrected chi connectivity index (χ3v) is 4.51. The summed E-state index contributed by atoms with van der Waals surface area (Å²) in [5.41, 5.74) is 4.56. The monoisotopic (exact) mass is 244 g/mol. The SMILES string of the molecule is CCC1CCN(Cc2ccc3c(c2)CNCC3)C1. The lowest BCUT2D eigenvalue weighted by Gasteiger charge is -2.20. The summed E-state index contributed by atoms with van der Waals surface area (Å²) < 4.78 is 0. The number of nitrogens with zero attached hydrogens (tertiary/aromatic N) is 1. The topological polar surface area (TPSA) is 15.3 Å². The molecule has 0 amide bonds. The molecule has 1 N–H and O–H groups in total. The first-order chi connectivity index (χ1) is 8.85. The molecule has 2 heterocycles. The number of rotatable bonds is 3. The van der Waals surface area contributed by atoms with E-state index in [2.05, 4.69) is 35.3 Å². The van der Waals surface area contributed by atoms with Crippen LogP contribution in [0.3, 0.4) is 0 Å². The first-order valence-electron chi connectivity index (χ1n) is 7.39. The Hall–Kier alpha value is -0.860. The van der Waals surface area contributed by atoms with E-state index in [0.29, 0.717) is 0 Å². The van der Waals surface area contributed by atoms with Crippen LogP contribution in [0.5, 0.6) is 0 Å². The Balaban J connectivity index is 1.66. The molecule has 0 aromatic heterocycles. The summed E-state index contributed by atoms with van der Waals surface area (Å²) in [6.45, 7) is 8.24. The lowest BCUT2D eigenvalue weighted by Crippen LogP contribution is -2.24. The van der Waals surface area contributed by atoms with Crippen molar-refractivity contribution in [1.82, 2.24) is 10.2 Å². The third kappa shape index (κ3) is 2.60. The van der Waals surface area contributed by atoms with E-state index in [1.807, 2.05) is 0 Å². The Kier molecular flexibility index (Phi) is 3.67. The highest BCUT2D eigenvalue weighted by Gasteiger charge is 2.21. The number of nitrogens with one attached hydrogen (secondary N) is 1. The Morgan fingerprint density at radius 2 is 2.28 bits per heavy atom. The number of hydrogen-bond acceptors (Lipinski definition) is 2. The zero-order chi connectivity index (χ0) is 12.4. The molecule has 1 aromatic rings. The molecule has 2 aliphatic heterocycles. The van der Waals surface area contributed by atoms with Crippen molar-refractivity contribution in [2.75, 3.05) is 19.6 Å². The molecule has 1 atom stereocenters. The van der Waals surface area contributed by atoms with Crippen LogP contribution in [0.4, 0.5) is 0 Å². The van der Waals surface area contributed by atoms with Crippen LogP contribution in [0.1, 0.15) is 36.5 Å². The van der Waals surface area contributed by atoms with Gasteiger partial charge in [-0.1, -0.05) is 31.5 Å². The quantitative estimate of drug-likeness (QED) is 0.879. The van der Waals surface area contributed by atoms with Gasteiger partial charge in [-0.25, -0.2) is 0 Å². The highest BCUT2D eigenvalue weighted by molar-refractivity contribution is 5.33. The maximum absolute atomic E-state index is 3.46. The standard InChI is InChI=1S/C16H24N2/c1-2-13-6-8-18(11-13)12-14-3-4-15-5-7-17-10-16(15)9-14/h3-4,9,13,17H,2,5-8,10-12H2,1H3. The second kappa shape index (κ2) is 5.41. The number of likely N-dealkylation sites (tertiary alicyclic amines) is 1. The zero-order valence-electron chi connectivity index (χ0n) is 11.4.